The van der Waals surface area contributed by atoms with Gasteiger partial charge in [-0.3, -0.25) is 4.79 Å². The molecule has 1 amide bonds. The quantitative estimate of drug-likeness (QED) is 0.840. The maximum absolute atomic E-state index is 12.6. The molecule has 0 N–H and O–H groups in total. The van der Waals surface area contributed by atoms with E-state index in [9.17, 15) is 4.79 Å². The van der Waals surface area contributed by atoms with Crippen molar-refractivity contribution < 1.29 is 9.21 Å². The number of nitrogens with zero attached hydrogens (tertiary/aromatic N) is 2. The van der Waals surface area contributed by atoms with E-state index in [2.05, 4.69) is 6.07 Å². The molecule has 1 aromatic heterocycles. The molecule has 0 saturated carbocycles. The zero-order valence-corrected chi connectivity index (χ0v) is 12.3. The summed E-state index contributed by atoms with van der Waals surface area (Å²) in [5.74, 6) is 0.877. The molecule has 2 rings (SSSR count). The van der Waals surface area contributed by atoms with E-state index in [1.165, 1.54) is 0 Å². The van der Waals surface area contributed by atoms with Gasteiger partial charge >= 0.3 is 0 Å². The smallest absolute Gasteiger partial charge is 0.294 e. The number of anilines is 1. The van der Waals surface area contributed by atoms with E-state index in [-0.39, 0.29) is 12.3 Å². The average molecular weight is 282 g/mol. The van der Waals surface area contributed by atoms with Crippen molar-refractivity contribution in [1.82, 2.24) is 0 Å². The predicted octanol–water partition coefficient (Wildman–Crippen LogP) is 3.71. The van der Waals surface area contributed by atoms with Gasteiger partial charge in [0.15, 0.2) is 5.76 Å². The molecule has 1 aromatic carbocycles. The lowest BCUT2D eigenvalue weighted by atomic mass is 10.2. The zero-order chi connectivity index (χ0) is 15.2. The fraction of sp³-hybridized carbons (Fsp3) is 0.294. The number of aryl methyl sites for hydroxylation is 2. The van der Waals surface area contributed by atoms with E-state index in [4.69, 9.17) is 9.68 Å². The summed E-state index contributed by atoms with van der Waals surface area (Å²) in [6, 6.07) is 13.2. The standard InChI is InChI=1S/C17H18N2O2/c1-3-15-9-10-16(21-15)17(20)19(12-4-11-18)14-7-5-13(2)6-8-14/h5-10H,3-4,12H2,1-2H3. The molecule has 21 heavy (non-hydrogen) atoms. The molecule has 0 fully saturated rings. The number of benzene rings is 1. The van der Waals surface area contributed by atoms with Crippen molar-refractivity contribution in [3.63, 3.8) is 0 Å². The van der Waals surface area contributed by atoms with E-state index in [0.29, 0.717) is 12.3 Å². The molecule has 0 radical (unpaired) electrons. The number of carbonyl (C=O) groups excluding carboxylic acids is 1. The van der Waals surface area contributed by atoms with Crippen molar-refractivity contribution in [2.45, 2.75) is 26.7 Å². The third-order valence-corrected chi connectivity index (χ3v) is 3.26. The van der Waals surface area contributed by atoms with E-state index in [0.717, 1.165) is 23.4 Å². The van der Waals surface area contributed by atoms with Crippen LogP contribution >= 0.6 is 0 Å². The Bertz CT molecular complexity index is 650. The molecule has 1 heterocycles. The molecule has 0 aliphatic carbocycles. The fourth-order valence-corrected chi connectivity index (χ4v) is 2.05. The molecule has 0 atom stereocenters. The summed E-state index contributed by atoms with van der Waals surface area (Å²) in [5, 5.41) is 8.79. The largest absolute Gasteiger partial charge is 0.456 e. The molecular weight excluding hydrogens is 264 g/mol. The van der Waals surface area contributed by atoms with E-state index in [1.54, 1.807) is 11.0 Å². The maximum Gasteiger partial charge on any atom is 0.294 e. The second kappa shape index (κ2) is 6.76. The molecule has 0 bridgehead atoms. The molecule has 108 valence electrons. The van der Waals surface area contributed by atoms with Gasteiger partial charge in [0, 0.05) is 18.7 Å². The lowest BCUT2D eigenvalue weighted by Gasteiger charge is -2.20. The van der Waals surface area contributed by atoms with E-state index in [1.807, 2.05) is 44.2 Å². The van der Waals surface area contributed by atoms with Crippen LogP contribution in [0, 0.1) is 18.3 Å². The number of hydrogen-bond acceptors (Lipinski definition) is 3. The minimum atomic E-state index is -0.214. The maximum atomic E-state index is 12.6. The summed E-state index contributed by atoms with van der Waals surface area (Å²) in [5.41, 5.74) is 1.90. The first-order valence-electron chi connectivity index (χ1n) is 7.00. The molecule has 0 aliphatic rings. The fourth-order valence-electron chi connectivity index (χ4n) is 2.05. The van der Waals surface area contributed by atoms with Gasteiger partial charge in [-0.1, -0.05) is 24.6 Å². The summed E-state index contributed by atoms with van der Waals surface area (Å²) < 4.78 is 5.53. The first-order valence-corrected chi connectivity index (χ1v) is 7.00. The van der Waals surface area contributed by atoms with Crippen LogP contribution in [0.2, 0.25) is 0 Å². The minimum Gasteiger partial charge on any atom is -0.456 e. The van der Waals surface area contributed by atoms with Crippen LogP contribution in [-0.2, 0) is 6.42 Å². The molecule has 0 unspecified atom stereocenters. The van der Waals surface area contributed by atoms with Crippen molar-refractivity contribution in [3.05, 3.63) is 53.5 Å². The molecule has 0 aliphatic heterocycles. The highest BCUT2D eigenvalue weighted by Gasteiger charge is 2.20. The monoisotopic (exact) mass is 282 g/mol. The first kappa shape index (κ1) is 14.9. The van der Waals surface area contributed by atoms with Crippen LogP contribution in [0.5, 0.6) is 0 Å². The van der Waals surface area contributed by atoms with Crippen LogP contribution in [0.1, 0.15) is 35.2 Å². The van der Waals surface area contributed by atoms with Crippen LogP contribution in [0.3, 0.4) is 0 Å². The molecule has 4 heteroatoms. The molecule has 0 saturated heterocycles. The van der Waals surface area contributed by atoms with Gasteiger partial charge in [-0.25, -0.2) is 0 Å². The van der Waals surface area contributed by atoms with Gasteiger partial charge in [-0.15, -0.1) is 0 Å². The summed E-state index contributed by atoms with van der Waals surface area (Å²) in [6.45, 7) is 4.31. The highest BCUT2D eigenvalue weighted by Crippen LogP contribution is 2.20. The predicted molar refractivity (Wildman–Crippen MR) is 81.2 cm³/mol. The van der Waals surface area contributed by atoms with Crippen LogP contribution in [-0.4, -0.2) is 12.5 Å². The van der Waals surface area contributed by atoms with Crippen LogP contribution in [0.25, 0.3) is 0 Å². The summed E-state index contributed by atoms with van der Waals surface area (Å²) in [4.78, 5) is 14.2. The van der Waals surface area contributed by atoms with Crippen molar-refractivity contribution in [2.24, 2.45) is 0 Å². The summed E-state index contributed by atoms with van der Waals surface area (Å²) >= 11 is 0. The lowest BCUT2D eigenvalue weighted by Crippen LogP contribution is -2.31. The van der Waals surface area contributed by atoms with Crippen molar-refractivity contribution in [2.75, 3.05) is 11.4 Å². The van der Waals surface area contributed by atoms with Gasteiger partial charge in [0.25, 0.3) is 5.91 Å². The van der Waals surface area contributed by atoms with Gasteiger partial charge in [0.05, 0.1) is 12.5 Å². The highest BCUT2D eigenvalue weighted by atomic mass is 16.4. The van der Waals surface area contributed by atoms with Crippen molar-refractivity contribution in [1.29, 1.82) is 5.26 Å². The SMILES string of the molecule is CCc1ccc(C(=O)N(CCC#N)c2ccc(C)cc2)o1. The average Bonchev–Trinajstić information content (AvgIpc) is 2.98. The third-order valence-electron chi connectivity index (χ3n) is 3.26. The number of rotatable bonds is 5. The second-order valence-corrected chi connectivity index (χ2v) is 4.82. The second-order valence-electron chi connectivity index (χ2n) is 4.82. The van der Waals surface area contributed by atoms with Crippen LogP contribution in [0.15, 0.2) is 40.8 Å². The number of nitriles is 1. The molecule has 4 nitrogen and oxygen atoms in total. The zero-order valence-electron chi connectivity index (χ0n) is 12.3. The number of carbonyl (C=O) groups is 1. The van der Waals surface area contributed by atoms with Crippen molar-refractivity contribution >= 4 is 11.6 Å². The topological polar surface area (TPSA) is 57.2 Å². The number of hydrogen-bond donors (Lipinski definition) is 0. The van der Waals surface area contributed by atoms with Gasteiger partial charge in [0.2, 0.25) is 0 Å². The van der Waals surface area contributed by atoms with Crippen LogP contribution in [0.4, 0.5) is 5.69 Å². The van der Waals surface area contributed by atoms with Gasteiger partial charge in [-0.05, 0) is 31.2 Å². The minimum absolute atomic E-state index is 0.214. The number of amides is 1. The van der Waals surface area contributed by atoms with E-state index < -0.39 is 0 Å². The van der Waals surface area contributed by atoms with Crippen LogP contribution < -0.4 is 4.90 Å². The summed E-state index contributed by atoms with van der Waals surface area (Å²) in [6.07, 6.45) is 1.02. The Morgan fingerprint density at radius 2 is 1.95 bits per heavy atom. The summed E-state index contributed by atoms with van der Waals surface area (Å²) in [7, 11) is 0. The van der Waals surface area contributed by atoms with Gasteiger partial charge in [-0.2, -0.15) is 5.26 Å². The highest BCUT2D eigenvalue weighted by molar-refractivity contribution is 6.04. The van der Waals surface area contributed by atoms with Gasteiger partial charge < -0.3 is 9.32 Å². The number of furan rings is 1. The Morgan fingerprint density at radius 3 is 2.52 bits per heavy atom. The Kier molecular flexibility index (Phi) is 4.78. The van der Waals surface area contributed by atoms with Gasteiger partial charge in [0.1, 0.15) is 5.76 Å². The van der Waals surface area contributed by atoms with E-state index >= 15 is 0 Å². The molecular formula is C17H18N2O2. The Morgan fingerprint density at radius 1 is 1.24 bits per heavy atom. The lowest BCUT2D eigenvalue weighted by molar-refractivity contribution is 0.0959. The Balaban J connectivity index is 2.28. The normalized spacial score (nSPS) is 10.1. The first-order chi connectivity index (χ1) is 10.2. The Hall–Kier alpha value is -2.54. The molecule has 0 spiro atoms. The third kappa shape index (κ3) is 3.51. The molecule has 2 aromatic rings. The van der Waals surface area contributed by atoms with Crippen molar-refractivity contribution in [3.8, 4) is 6.07 Å². The Labute approximate surface area is 124 Å².